The highest BCUT2D eigenvalue weighted by Gasteiger charge is 2.16. The molecule has 0 spiro atoms. The van der Waals surface area contributed by atoms with Gasteiger partial charge in [-0.25, -0.2) is 29.9 Å². The molecule has 0 N–H and O–H groups in total. The minimum absolute atomic E-state index is 0.630. The quantitative estimate of drug-likeness (QED) is 0.152. The number of fused-ring (bicyclic) bond motifs is 5. The monoisotopic (exact) mass is 837 g/mol. The van der Waals surface area contributed by atoms with E-state index in [-0.39, 0.29) is 0 Å². The standard InChI is InChI=1S/C56H35N7S/c1-5-13-38(14-6-1)47-35-48(39-15-7-2-8-16-39)58-52(57-47)42-25-21-37(22-26-42)45-30-32-51-50(34-45)63-49-33-44(29-31-46(49)59-56(63)64-51)36-23-27-43(28-24-36)55-61-53(40-17-9-3-10-18-40)60-54(62-55)41-19-11-4-12-20-41/h1-35H. The van der Waals surface area contributed by atoms with Crippen LogP contribution in [0.2, 0.25) is 0 Å². The number of hydrogen-bond donors (Lipinski definition) is 0. The molecule has 12 rings (SSSR count). The van der Waals surface area contributed by atoms with Crippen LogP contribution in [0.4, 0.5) is 0 Å². The number of hydrogen-bond acceptors (Lipinski definition) is 7. The Hall–Kier alpha value is -8.46. The highest BCUT2D eigenvalue weighted by Crippen LogP contribution is 2.36. The van der Waals surface area contributed by atoms with E-state index >= 15 is 0 Å². The second kappa shape index (κ2) is 15.8. The van der Waals surface area contributed by atoms with E-state index in [4.69, 9.17) is 29.9 Å². The molecule has 0 aliphatic carbocycles. The molecule has 0 aliphatic heterocycles. The molecule has 0 radical (unpaired) electrons. The van der Waals surface area contributed by atoms with E-state index in [1.807, 2.05) is 97.1 Å². The maximum absolute atomic E-state index is 5.06. The van der Waals surface area contributed by atoms with Crippen molar-refractivity contribution in [1.29, 1.82) is 0 Å². The fourth-order valence-electron chi connectivity index (χ4n) is 8.24. The van der Waals surface area contributed by atoms with Crippen LogP contribution in [0, 0.1) is 0 Å². The third kappa shape index (κ3) is 6.98. The van der Waals surface area contributed by atoms with E-state index in [9.17, 15) is 0 Å². The third-order valence-corrected chi connectivity index (χ3v) is 12.6. The van der Waals surface area contributed by atoms with Crippen molar-refractivity contribution in [1.82, 2.24) is 34.3 Å². The van der Waals surface area contributed by atoms with Gasteiger partial charge in [0.2, 0.25) is 0 Å². The Morgan fingerprint density at radius 2 is 0.656 bits per heavy atom. The number of imidazole rings is 1. The van der Waals surface area contributed by atoms with Gasteiger partial charge in [-0.15, -0.1) is 0 Å². The van der Waals surface area contributed by atoms with Crippen molar-refractivity contribution in [2.75, 3.05) is 0 Å². The molecule has 7 nitrogen and oxygen atoms in total. The van der Waals surface area contributed by atoms with Gasteiger partial charge in [0, 0.05) is 33.4 Å². The Morgan fingerprint density at radius 1 is 0.281 bits per heavy atom. The number of aromatic nitrogens is 7. The largest absolute Gasteiger partial charge is 0.283 e. The third-order valence-electron chi connectivity index (χ3n) is 11.5. The average molecular weight is 838 g/mol. The minimum atomic E-state index is 0.630. The Bertz CT molecular complexity index is 3270. The van der Waals surface area contributed by atoms with E-state index in [0.29, 0.717) is 23.3 Å². The molecule has 300 valence electrons. The van der Waals surface area contributed by atoms with Crippen LogP contribution < -0.4 is 0 Å². The number of thiazole rings is 1. The van der Waals surface area contributed by atoms with E-state index in [2.05, 4.69) is 120 Å². The average Bonchev–Trinajstić information content (AvgIpc) is 3.93. The molecule has 4 aromatic heterocycles. The molecule has 0 amide bonds. The molecular formula is C56H35N7S. The van der Waals surface area contributed by atoms with Crippen LogP contribution in [0.3, 0.4) is 0 Å². The van der Waals surface area contributed by atoms with Gasteiger partial charge in [-0.1, -0.05) is 193 Å². The van der Waals surface area contributed by atoms with Gasteiger partial charge >= 0.3 is 0 Å². The van der Waals surface area contributed by atoms with Crippen LogP contribution >= 0.6 is 11.3 Å². The lowest BCUT2D eigenvalue weighted by molar-refractivity contribution is 1.07. The summed E-state index contributed by atoms with van der Waals surface area (Å²) in [5.41, 5.74) is 15.3. The molecule has 0 bridgehead atoms. The van der Waals surface area contributed by atoms with Crippen molar-refractivity contribution >= 4 is 37.5 Å². The summed E-state index contributed by atoms with van der Waals surface area (Å²) in [6.07, 6.45) is 0. The topological polar surface area (TPSA) is 81.8 Å². The van der Waals surface area contributed by atoms with Gasteiger partial charge in [-0.3, -0.25) is 4.40 Å². The van der Waals surface area contributed by atoms with E-state index in [1.54, 1.807) is 11.3 Å². The maximum atomic E-state index is 5.06. The minimum Gasteiger partial charge on any atom is -0.283 e. The van der Waals surface area contributed by atoms with Gasteiger partial charge in [0.25, 0.3) is 0 Å². The zero-order chi connectivity index (χ0) is 42.4. The van der Waals surface area contributed by atoms with Crippen molar-refractivity contribution in [3.63, 3.8) is 0 Å². The molecule has 0 saturated heterocycles. The van der Waals surface area contributed by atoms with E-state index < -0.39 is 0 Å². The van der Waals surface area contributed by atoms with Gasteiger partial charge < -0.3 is 0 Å². The highest BCUT2D eigenvalue weighted by molar-refractivity contribution is 7.23. The number of benzene rings is 8. The molecule has 8 aromatic carbocycles. The van der Waals surface area contributed by atoms with Crippen LogP contribution in [0.15, 0.2) is 212 Å². The van der Waals surface area contributed by atoms with Gasteiger partial charge in [-0.2, -0.15) is 0 Å². The fraction of sp³-hybridized carbons (Fsp3) is 0. The first-order valence-corrected chi connectivity index (χ1v) is 21.9. The van der Waals surface area contributed by atoms with Crippen molar-refractivity contribution in [3.05, 3.63) is 212 Å². The summed E-state index contributed by atoms with van der Waals surface area (Å²) >= 11 is 1.71. The summed E-state index contributed by atoms with van der Waals surface area (Å²) in [5, 5.41) is 0. The highest BCUT2D eigenvalue weighted by atomic mass is 32.1. The fourth-order valence-corrected chi connectivity index (χ4v) is 9.26. The SMILES string of the molecule is c1ccc(-c2cc(-c3ccccc3)nc(-c3ccc(-c4ccc5sc6nc7ccc(-c8ccc(-c9nc(-c%10ccccc%10)nc(-c%10ccccc%10)n9)cc8)cc7n6c5c4)cc3)n2)cc1. The molecule has 8 heteroatoms. The van der Waals surface area contributed by atoms with E-state index in [1.165, 1.54) is 4.70 Å². The van der Waals surface area contributed by atoms with Crippen LogP contribution in [0.1, 0.15) is 0 Å². The lowest BCUT2D eigenvalue weighted by Crippen LogP contribution is -2.00. The first-order chi connectivity index (χ1) is 31.7. The summed E-state index contributed by atoms with van der Waals surface area (Å²) in [6, 6.07) is 73.0. The Labute approximate surface area is 372 Å². The van der Waals surface area contributed by atoms with Gasteiger partial charge in [-0.05, 0) is 52.6 Å². The molecule has 0 aliphatic rings. The van der Waals surface area contributed by atoms with Crippen LogP contribution in [0.25, 0.3) is 117 Å². The lowest BCUT2D eigenvalue weighted by atomic mass is 10.0. The molecule has 0 unspecified atom stereocenters. The summed E-state index contributed by atoms with van der Waals surface area (Å²) in [6.45, 7) is 0. The first kappa shape index (κ1) is 37.3. The normalized spacial score (nSPS) is 11.4. The smallest absolute Gasteiger partial charge is 0.195 e. The zero-order valence-corrected chi connectivity index (χ0v) is 35.1. The van der Waals surface area contributed by atoms with Gasteiger partial charge in [0.1, 0.15) is 0 Å². The summed E-state index contributed by atoms with van der Waals surface area (Å²) in [4.78, 5) is 30.8. The van der Waals surface area contributed by atoms with E-state index in [0.717, 1.165) is 88.5 Å². The zero-order valence-electron chi connectivity index (χ0n) is 34.2. The Kier molecular flexibility index (Phi) is 9.20. The van der Waals surface area contributed by atoms with Crippen molar-refractivity contribution in [2.24, 2.45) is 0 Å². The van der Waals surface area contributed by atoms with Crippen LogP contribution in [-0.2, 0) is 0 Å². The maximum Gasteiger partial charge on any atom is 0.195 e. The predicted octanol–water partition coefficient (Wildman–Crippen LogP) is 14.0. The second-order valence-corrected chi connectivity index (χ2v) is 16.6. The van der Waals surface area contributed by atoms with Crippen molar-refractivity contribution in [3.8, 4) is 90.3 Å². The van der Waals surface area contributed by atoms with Crippen molar-refractivity contribution in [2.45, 2.75) is 0 Å². The molecular weight excluding hydrogens is 803 g/mol. The molecule has 0 atom stereocenters. The summed E-state index contributed by atoms with van der Waals surface area (Å²) in [7, 11) is 0. The van der Waals surface area contributed by atoms with Gasteiger partial charge in [0.05, 0.1) is 32.6 Å². The first-order valence-electron chi connectivity index (χ1n) is 21.1. The number of rotatable bonds is 8. The summed E-state index contributed by atoms with van der Waals surface area (Å²) in [5.74, 6) is 2.61. The molecule has 12 aromatic rings. The molecule has 4 heterocycles. The number of nitrogens with zero attached hydrogens (tertiary/aromatic N) is 7. The van der Waals surface area contributed by atoms with Gasteiger partial charge in [0.15, 0.2) is 28.3 Å². The molecule has 0 saturated carbocycles. The second-order valence-electron chi connectivity index (χ2n) is 15.6. The Morgan fingerprint density at radius 3 is 1.14 bits per heavy atom. The molecule has 64 heavy (non-hydrogen) atoms. The van der Waals surface area contributed by atoms with Crippen LogP contribution in [-0.4, -0.2) is 34.3 Å². The predicted molar refractivity (Wildman–Crippen MR) is 261 cm³/mol. The van der Waals surface area contributed by atoms with Crippen molar-refractivity contribution < 1.29 is 0 Å². The Balaban J connectivity index is 0.872. The lowest BCUT2D eigenvalue weighted by Gasteiger charge is -2.10. The summed E-state index contributed by atoms with van der Waals surface area (Å²) < 4.78 is 3.47. The van der Waals surface area contributed by atoms with Crippen LogP contribution in [0.5, 0.6) is 0 Å². The molecule has 0 fully saturated rings.